The van der Waals surface area contributed by atoms with Gasteiger partial charge >= 0.3 is 0 Å². The second kappa shape index (κ2) is 5.37. The van der Waals surface area contributed by atoms with E-state index in [0.29, 0.717) is 10.5 Å². The van der Waals surface area contributed by atoms with Gasteiger partial charge in [-0.2, -0.15) is 0 Å². The van der Waals surface area contributed by atoms with Crippen LogP contribution in [0, 0.1) is 11.6 Å². The number of hydrogen-bond acceptors (Lipinski definition) is 3. The van der Waals surface area contributed by atoms with E-state index >= 15 is 0 Å². The van der Waals surface area contributed by atoms with E-state index in [1.807, 2.05) is 0 Å². The quantitative estimate of drug-likeness (QED) is 0.824. The SMILES string of the molecule is Nc1cc(Br)ccc1S(=O)(=O)Nc1cc(F)cc(F)c1. The molecule has 0 atom stereocenters. The average molecular weight is 363 g/mol. The summed E-state index contributed by atoms with van der Waals surface area (Å²) >= 11 is 3.15. The molecule has 0 unspecified atom stereocenters. The second-order valence-corrected chi connectivity index (χ2v) is 6.51. The number of nitrogen functional groups attached to an aromatic ring is 1. The minimum atomic E-state index is -4.02. The fourth-order valence-corrected chi connectivity index (χ4v) is 3.12. The molecule has 4 nitrogen and oxygen atoms in total. The Bertz CT molecular complexity index is 746. The molecule has 0 amide bonds. The highest BCUT2D eigenvalue weighted by Gasteiger charge is 2.18. The van der Waals surface area contributed by atoms with Gasteiger partial charge in [-0.1, -0.05) is 15.9 Å². The molecule has 0 spiro atoms. The summed E-state index contributed by atoms with van der Waals surface area (Å²) in [4.78, 5) is -0.176. The zero-order valence-electron chi connectivity index (χ0n) is 9.90. The van der Waals surface area contributed by atoms with E-state index in [0.717, 1.165) is 12.1 Å². The lowest BCUT2D eigenvalue weighted by molar-refractivity contribution is 0.584. The molecule has 0 aliphatic heterocycles. The highest BCUT2D eigenvalue weighted by Crippen LogP contribution is 2.25. The summed E-state index contributed by atoms with van der Waals surface area (Å²) in [6.07, 6.45) is 0. The Labute approximate surface area is 122 Å². The first kappa shape index (κ1) is 14.7. The second-order valence-electron chi connectivity index (χ2n) is 3.95. The molecular formula is C12H9BrF2N2O2S. The molecule has 0 aromatic heterocycles. The Balaban J connectivity index is 2.40. The van der Waals surface area contributed by atoms with Gasteiger partial charge < -0.3 is 5.73 Å². The van der Waals surface area contributed by atoms with Crippen molar-refractivity contribution in [2.24, 2.45) is 0 Å². The van der Waals surface area contributed by atoms with Crippen molar-refractivity contribution in [1.29, 1.82) is 0 Å². The van der Waals surface area contributed by atoms with Crippen LogP contribution in [-0.4, -0.2) is 8.42 Å². The van der Waals surface area contributed by atoms with Gasteiger partial charge in [0.15, 0.2) is 0 Å². The molecule has 0 heterocycles. The zero-order valence-corrected chi connectivity index (χ0v) is 12.3. The Hall–Kier alpha value is -1.67. The molecule has 3 N–H and O–H groups in total. The van der Waals surface area contributed by atoms with Crippen LogP contribution in [0.2, 0.25) is 0 Å². The summed E-state index contributed by atoms with van der Waals surface area (Å²) in [5.41, 5.74) is 5.42. The number of nitrogens with two attached hydrogens (primary N) is 1. The maximum atomic E-state index is 13.0. The largest absolute Gasteiger partial charge is 0.398 e. The van der Waals surface area contributed by atoms with Crippen LogP contribution in [0.5, 0.6) is 0 Å². The number of halogens is 3. The first-order chi connectivity index (χ1) is 9.28. The zero-order chi connectivity index (χ0) is 14.9. The highest BCUT2D eigenvalue weighted by molar-refractivity contribution is 9.10. The molecule has 8 heteroatoms. The molecule has 0 bridgehead atoms. The lowest BCUT2D eigenvalue weighted by Crippen LogP contribution is -2.15. The number of anilines is 2. The van der Waals surface area contributed by atoms with E-state index in [2.05, 4.69) is 20.7 Å². The molecule has 0 radical (unpaired) electrons. The van der Waals surface area contributed by atoms with E-state index in [1.54, 1.807) is 0 Å². The maximum Gasteiger partial charge on any atom is 0.263 e. The Morgan fingerprint density at radius 2 is 1.65 bits per heavy atom. The van der Waals surface area contributed by atoms with Crippen LogP contribution < -0.4 is 10.5 Å². The van der Waals surface area contributed by atoms with Gasteiger partial charge in [0.25, 0.3) is 10.0 Å². The summed E-state index contributed by atoms with van der Waals surface area (Å²) in [7, 11) is -4.02. The smallest absolute Gasteiger partial charge is 0.263 e. The summed E-state index contributed by atoms with van der Waals surface area (Å²) in [6.45, 7) is 0. The summed E-state index contributed by atoms with van der Waals surface area (Å²) in [6, 6.07) is 6.59. The van der Waals surface area contributed by atoms with Crippen molar-refractivity contribution in [2.45, 2.75) is 4.90 Å². The van der Waals surface area contributed by atoms with Crippen LogP contribution in [0.4, 0.5) is 20.2 Å². The molecule has 2 rings (SSSR count). The minimum Gasteiger partial charge on any atom is -0.398 e. The van der Waals surface area contributed by atoms with E-state index in [-0.39, 0.29) is 16.3 Å². The van der Waals surface area contributed by atoms with Gasteiger partial charge in [-0.25, -0.2) is 17.2 Å². The number of rotatable bonds is 3. The van der Waals surface area contributed by atoms with Crippen LogP contribution in [0.1, 0.15) is 0 Å². The van der Waals surface area contributed by atoms with Crippen LogP contribution >= 0.6 is 15.9 Å². The number of nitrogens with one attached hydrogen (secondary N) is 1. The molecule has 2 aromatic carbocycles. The lowest BCUT2D eigenvalue weighted by atomic mass is 10.3. The van der Waals surface area contributed by atoms with Crippen molar-refractivity contribution < 1.29 is 17.2 Å². The molecular weight excluding hydrogens is 354 g/mol. The normalized spacial score (nSPS) is 11.3. The molecule has 0 aliphatic carbocycles. The van der Waals surface area contributed by atoms with Gasteiger partial charge in [-0.05, 0) is 30.3 Å². The van der Waals surface area contributed by atoms with E-state index in [4.69, 9.17) is 5.73 Å². The molecule has 20 heavy (non-hydrogen) atoms. The van der Waals surface area contributed by atoms with Crippen molar-refractivity contribution >= 4 is 37.3 Å². The number of sulfonamides is 1. The minimum absolute atomic E-state index is 0.0174. The molecule has 0 saturated carbocycles. The molecule has 0 fully saturated rings. The first-order valence-corrected chi connectivity index (χ1v) is 7.59. The van der Waals surface area contributed by atoms with Gasteiger partial charge in [-0.3, -0.25) is 4.72 Å². The van der Waals surface area contributed by atoms with Crippen molar-refractivity contribution in [2.75, 3.05) is 10.5 Å². The van der Waals surface area contributed by atoms with Crippen molar-refractivity contribution in [3.05, 3.63) is 52.5 Å². The molecule has 2 aromatic rings. The fourth-order valence-electron chi connectivity index (χ4n) is 1.59. The highest BCUT2D eigenvalue weighted by atomic mass is 79.9. The van der Waals surface area contributed by atoms with Gasteiger partial charge in [-0.15, -0.1) is 0 Å². The standard InChI is InChI=1S/C12H9BrF2N2O2S/c13-7-1-2-12(11(16)3-7)20(18,19)17-10-5-8(14)4-9(15)6-10/h1-6,17H,16H2. The Morgan fingerprint density at radius 1 is 1.05 bits per heavy atom. The topological polar surface area (TPSA) is 72.2 Å². The molecule has 106 valence electrons. The lowest BCUT2D eigenvalue weighted by Gasteiger charge is -2.10. The summed E-state index contributed by atoms with van der Waals surface area (Å²) < 4.78 is 53.0. The summed E-state index contributed by atoms with van der Waals surface area (Å²) in [5.74, 6) is -1.77. The van der Waals surface area contributed by atoms with Crippen LogP contribution in [-0.2, 0) is 10.0 Å². The van der Waals surface area contributed by atoms with Crippen LogP contribution in [0.25, 0.3) is 0 Å². The molecule has 0 saturated heterocycles. The monoisotopic (exact) mass is 362 g/mol. The molecule has 0 aliphatic rings. The van der Waals surface area contributed by atoms with Crippen molar-refractivity contribution in [3.8, 4) is 0 Å². The Morgan fingerprint density at radius 3 is 2.20 bits per heavy atom. The Kier molecular flexibility index (Phi) is 3.96. The van der Waals surface area contributed by atoms with E-state index in [1.165, 1.54) is 18.2 Å². The first-order valence-electron chi connectivity index (χ1n) is 5.32. The van der Waals surface area contributed by atoms with Crippen molar-refractivity contribution in [3.63, 3.8) is 0 Å². The van der Waals surface area contributed by atoms with Crippen LogP contribution in [0.15, 0.2) is 45.8 Å². The number of benzene rings is 2. The predicted octanol–water partition coefficient (Wildman–Crippen LogP) is 3.11. The van der Waals surface area contributed by atoms with E-state index in [9.17, 15) is 17.2 Å². The van der Waals surface area contributed by atoms with Gasteiger partial charge in [0.1, 0.15) is 16.5 Å². The van der Waals surface area contributed by atoms with Gasteiger partial charge in [0.2, 0.25) is 0 Å². The third kappa shape index (κ3) is 3.26. The van der Waals surface area contributed by atoms with Gasteiger partial charge in [0, 0.05) is 10.5 Å². The predicted molar refractivity (Wildman–Crippen MR) is 75.7 cm³/mol. The van der Waals surface area contributed by atoms with Crippen molar-refractivity contribution in [1.82, 2.24) is 0 Å². The maximum absolute atomic E-state index is 13.0. The fraction of sp³-hybridized carbons (Fsp3) is 0. The average Bonchev–Trinajstić information content (AvgIpc) is 2.25. The summed E-state index contributed by atoms with van der Waals surface area (Å²) in [5, 5.41) is 0. The van der Waals surface area contributed by atoms with E-state index < -0.39 is 21.7 Å². The number of hydrogen-bond donors (Lipinski definition) is 2. The van der Waals surface area contributed by atoms with Gasteiger partial charge in [0.05, 0.1) is 11.4 Å². The third-order valence-corrected chi connectivity index (χ3v) is 4.32. The third-order valence-electron chi connectivity index (χ3n) is 2.38. The van der Waals surface area contributed by atoms with Crippen LogP contribution in [0.3, 0.4) is 0 Å².